The number of nitrogens with zero attached hydrogens (tertiary/aromatic N) is 4. The molecule has 0 aliphatic carbocycles. The van der Waals surface area contributed by atoms with Crippen molar-refractivity contribution in [3.63, 3.8) is 0 Å². The lowest BCUT2D eigenvalue weighted by Gasteiger charge is -2.35. The van der Waals surface area contributed by atoms with Crippen molar-refractivity contribution in [2.24, 2.45) is 0 Å². The standard InChI is InChI=1S/C16H18N4O.C2H6/c1-13-4-5-15(18-11-13)19-7-9-20(10-8-19)16(21)14-3-2-6-17-12-14;1-2/h2-6,11-12H,7-10H2,1H3;1-2H3. The lowest BCUT2D eigenvalue weighted by atomic mass is 10.2. The molecule has 0 unspecified atom stereocenters. The highest BCUT2D eigenvalue weighted by atomic mass is 16.2. The Morgan fingerprint density at radius 3 is 2.35 bits per heavy atom. The molecule has 1 fully saturated rings. The first kappa shape index (κ1) is 16.9. The Kier molecular flexibility index (Phi) is 6.09. The van der Waals surface area contributed by atoms with E-state index in [1.165, 1.54) is 0 Å². The molecule has 1 amide bonds. The van der Waals surface area contributed by atoms with Gasteiger partial charge in [-0.1, -0.05) is 19.9 Å². The van der Waals surface area contributed by atoms with Gasteiger partial charge in [-0.25, -0.2) is 4.98 Å². The van der Waals surface area contributed by atoms with Crippen LogP contribution in [0, 0.1) is 6.92 Å². The fourth-order valence-corrected chi connectivity index (χ4v) is 2.46. The highest BCUT2D eigenvalue weighted by molar-refractivity contribution is 5.94. The van der Waals surface area contributed by atoms with E-state index in [2.05, 4.69) is 20.9 Å². The summed E-state index contributed by atoms with van der Waals surface area (Å²) in [6, 6.07) is 7.70. The highest BCUT2D eigenvalue weighted by Crippen LogP contribution is 2.15. The third kappa shape index (κ3) is 4.28. The molecular formula is C18H24N4O. The molecule has 122 valence electrons. The summed E-state index contributed by atoms with van der Waals surface area (Å²) in [5, 5.41) is 0. The third-order valence-corrected chi connectivity index (χ3v) is 3.70. The summed E-state index contributed by atoms with van der Waals surface area (Å²) in [5.74, 6) is 1.04. The van der Waals surface area contributed by atoms with Crippen LogP contribution in [0.2, 0.25) is 0 Å². The van der Waals surface area contributed by atoms with Crippen molar-refractivity contribution in [1.82, 2.24) is 14.9 Å². The van der Waals surface area contributed by atoms with Crippen molar-refractivity contribution in [2.45, 2.75) is 20.8 Å². The van der Waals surface area contributed by atoms with Crippen molar-refractivity contribution < 1.29 is 4.79 Å². The molecule has 0 atom stereocenters. The second-order valence-electron chi connectivity index (χ2n) is 5.21. The Labute approximate surface area is 138 Å². The number of amides is 1. The van der Waals surface area contributed by atoms with Gasteiger partial charge in [0.25, 0.3) is 5.91 Å². The van der Waals surface area contributed by atoms with Crippen LogP contribution < -0.4 is 4.90 Å². The van der Waals surface area contributed by atoms with Crippen LogP contribution in [0.15, 0.2) is 42.9 Å². The van der Waals surface area contributed by atoms with Gasteiger partial charge in [-0.3, -0.25) is 9.78 Å². The van der Waals surface area contributed by atoms with Crippen LogP contribution in [0.5, 0.6) is 0 Å². The largest absolute Gasteiger partial charge is 0.353 e. The lowest BCUT2D eigenvalue weighted by molar-refractivity contribution is 0.0746. The Hall–Kier alpha value is -2.43. The smallest absolute Gasteiger partial charge is 0.255 e. The lowest BCUT2D eigenvalue weighted by Crippen LogP contribution is -2.49. The molecular weight excluding hydrogens is 288 g/mol. The van der Waals surface area contributed by atoms with Gasteiger partial charge in [0, 0.05) is 44.8 Å². The van der Waals surface area contributed by atoms with Gasteiger partial charge in [-0.05, 0) is 30.7 Å². The summed E-state index contributed by atoms with van der Waals surface area (Å²) in [5.41, 5.74) is 1.81. The molecule has 0 aromatic carbocycles. The van der Waals surface area contributed by atoms with E-state index < -0.39 is 0 Å². The fraction of sp³-hybridized carbons (Fsp3) is 0.389. The van der Waals surface area contributed by atoms with E-state index in [1.54, 1.807) is 18.5 Å². The Morgan fingerprint density at radius 1 is 1.04 bits per heavy atom. The number of pyridine rings is 2. The monoisotopic (exact) mass is 312 g/mol. The number of carbonyl (C=O) groups is 1. The number of hydrogen-bond donors (Lipinski definition) is 0. The predicted octanol–water partition coefficient (Wildman–Crippen LogP) is 2.77. The van der Waals surface area contributed by atoms with E-state index in [9.17, 15) is 4.79 Å². The molecule has 5 nitrogen and oxygen atoms in total. The number of piperazine rings is 1. The molecule has 0 bridgehead atoms. The second kappa shape index (κ2) is 8.27. The molecule has 23 heavy (non-hydrogen) atoms. The van der Waals surface area contributed by atoms with Crippen LogP contribution in [0.25, 0.3) is 0 Å². The number of aryl methyl sites for hydroxylation is 1. The van der Waals surface area contributed by atoms with E-state index in [1.807, 2.05) is 44.0 Å². The molecule has 2 aromatic heterocycles. The van der Waals surface area contributed by atoms with Crippen molar-refractivity contribution in [3.05, 3.63) is 54.0 Å². The quantitative estimate of drug-likeness (QED) is 0.855. The molecule has 2 aromatic rings. The normalized spacial score (nSPS) is 14.0. The zero-order chi connectivity index (χ0) is 16.7. The van der Waals surface area contributed by atoms with Gasteiger partial charge < -0.3 is 9.80 Å². The molecule has 0 N–H and O–H groups in total. The molecule has 1 saturated heterocycles. The van der Waals surface area contributed by atoms with E-state index in [0.717, 1.165) is 24.5 Å². The Morgan fingerprint density at radius 2 is 1.78 bits per heavy atom. The minimum atomic E-state index is 0.0552. The van der Waals surface area contributed by atoms with Crippen LogP contribution >= 0.6 is 0 Å². The zero-order valence-corrected chi connectivity index (χ0v) is 14.1. The Bertz CT molecular complexity index is 605. The zero-order valence-electron chi connectivity index (χ0n) is 14.1. The maximum atomic E-state index is 12.3. The summed E-state index contributed by atoms with van der Waals surface area (Å²) in [4.78, 5) is 24.9. The van der Waals surface area contributed by atoms with E-state index in [-0.39, 0.29) is 5.91 Å². The second-order valence-corrected chi connectivity index (χ2v) is 5.21. The van der Waals surface area contributed by atoms with Crippen molar-refractivity contribution in [1.29, 1.82) is 0 Å². The van der Waals surface area contributed by atoms with Gasteiger partial charge >= 0.3 is 0 Å². The number of aromatic nitrogens is 2. The first-order valence-corrected chi connectivity index (χ1v) is 8.11. The SMILES string of the molecule is CC.Cc1ccc(N2CCN(C(=O)c3cccnc3)CC2)nc1. The minimum absolute atomic E-state index is 0.0552. The van der Waals surface area contributed by atoms with Gasteiger partial charge in [-0.15, -0.1) is 0 Å². The molecule has 0 spiro atoms. The maximum absolute atomic E-state index is 12.3. The first-order chi connectivity index (χ1) is 11.2. The summed E-state index contributed by atoms with van der Waals surface area (Å²) in [6.45, 7) is 9.07. The summed E-state index contributed by atoms with van der Waals surface area (Å²) < 4.78 is 0. The minimum Gasteiger partial charge on any atom is -0.353 e. The predicted molar refractivity (Wildman–Crippen MR) is 92.7 cm³/mol. The third-order valence-electron chi connectivity index (χ3n) is 3.70. The molecule has 1 aliphatic rings. The summed E-state index contributed by atoms with van der Waals surface area (Å²) >= 11 is 0. The maximum Gasteiger partial charge on any atom is 0.255 e. The van der Waals surface area contributed by atoms with Gasteiger partial charge in [0.15, 0.2) is 0 Å². The van der Waals surface area contributed by atoms with Crippen LogP contribution in [0.4, 0.5) is 5.82 Å². The van der Waals surface area contributed by atoms with Gasteiger partial charge in [0.1, 0.15) is 5.82 Å². The van der Waals surface area contributed by atoms with Crippen LogP contribution in [-0.4, -0.2) is 47.0 Å². The molecule has 0 radical (unpaired) electrons. The summed E-state index contributed by atoms with van der Waals surface area (Å²) in [7, 11) is 0. The molecule has 0 saturated carbocycles. The number of carbonyl (C=O) groups excluding carboxylic acids is 1. The average molecular weight is 312 g/mol. The van der Waals surface area contributed by atoms with Gasteiger partial charge in [-0.2, -0.15) is 0 Å². The number of rotatable bonds is 2. The van der Waals surface area contributed by atoms with E-state index in [4.69, 9.17) is 0 Å². The molecule has 1 aliphatic heterocycles. The Balaban J connectivity index is 0.000000924. The summed E-state index contributed by atoms with van der Waals surface area (Å²) in [6.07, 6.45) is 5.18. The first-order valence-electron chi connectivity index (χ1n) is 8.11. The molecule has 5 heteroatoms. The fourth-order valence-electron chi connectivity index (χ4n) is 2.46. The van der Waals surface area contributed by atoms with Crippen LogP contribution in [-0.2, 0) is 0 Å². The van der Waals surface area contributed by atoms with E-state index >= 15 is 0 Å². The average Bonchev–Trinajstić information content (AvgIpc) is 2.64. The van der Waals surface area contributed by atoms with E-state index in [0.29, 0.717) is 18.7 Å². The van der Waals surface area contributed by atoms with Crippen LogP contribution in [0.1, 0.15) is 29.8 Å². The van der Waals surface area contributed by atoms with Crippen molar-refractivity contribution in [3.8, 4) is 0 Å². The molecule has 3 rings (SSSR count). The van der Waals surface area contributed by atoms with Gasteiger partial charge in [0.05, 0.1) is 5.56 Å². The van der Waals surface area contributed by atoms with Gasteiger partial charge in [0.2, 0.25) is 0 Å². The van der Waals surface area contributed by atoms with Crippen molar-refractivity contribution in [2.75, 3.05) is 31.1 Å². The number of hydrogen-bond acceptors (Lipinski definition) is 4. The highest BCUT2D eigenvalue weighted by Gasteiger charge is 2.22. The van der Waals surface area contributed by atoms with Crippen molar-refractivity contribution >= 4 is 11.7 Å². The molecule has 3 heterocycles. The van der Waals surface area contributed by atoms with Crippen LogP contribution in [0.3, 0.4) is 0 Å². The number of anilines is 1. The topological polar surface area (TPSA) is 49.3 Å².